The molecule has 5 rings (SSSR count). The number of carbonyl (C=O) groups excluding carboxylic acids is 1. The van der Waals surface area contributed by atoms with Gasteiger partial charge in [-0.3, -0.25) is 9.36 Å². The summed E-state index contributed by atoms with van der Waals surface area (Å²) >= 11 is 4.93. The number of hydrogen-bond acceptors (Lipinski definition) is 7. The number of thioether (sulfide) groups is 1. The fourth-order valence-electron chi connectivity index (χ4n) is 3.82. The van der Waals surface area contributed by atoms with Crippen LogP contribution in [0.5, 0.6) is 0 Å². The van der Waals surface area contributed by atoms with Crippen molar-refractivity contribution in [2.45, 2.75) is 31.1 Å². The molecule has 0 bridgehead atoms. The first kappa shape index (κ1) is 19.6. The van der Waals surface area contributed by atoms with Crippen molar-refractivity contribution >= 4 is 40.3 Å². The van der Waals surface area contributed by atoms with Gasteiger partial charge in [-0.15, -0.1) is 32.9 Å². The van der Waals surface area contributed by atoms with Crippen molar-refractivity contribution in [3.05, 3.63) is 62.7 Å². The monoisotopic (exact) mass is 456 g/mol. The minimum atomic E-state index is 0.0100. The molecule has 0 fully saturated rings. The first-order valence-corrected chi connectivity index (χ1v) is 12.5. The van der Waals surface area contributed by atoms with Gasteiger partial charge in [0.15, 0.2) is 16.7 Å². The quantitative estimate of drug-likeness (QED) is 0.384. The molecule has 5 heterocycles. The van der Waals surface area contributed by atoms with Crippen molar-refractivity contribution in [3.63, 3.8) is 0 Å². The number of carbonyl (C=O) groups is 1. The van der Waals surface area contributed by atoms with E-state index in [0.29, 0.717) is 23.9 Å². The first-order valence-electron chi connectivity index (χ1n) is 9.75. The maximum Gasteiger partial charge on any atom is 0.233 e. The normalized spacial score (nSPS) is 16.0. The van der Waals surface area contributed by atoms with Crippen molar-refractivity contribution < 1.29 is 9.21 Å². The topological polar surface area (TPSA) is 64.2 Å². The number of fused-ring (bicyclic) bond motifs is 1. The molecule has 0 aromatic carbocycles. The molecular weight excluding hydrogens is 436 g/mol. The summed E-state index contributed by atoms with van der Waals surface area (Å²) in [5.41, 5.74) is 1.27. The number of rotatable bonds is 6. The lowest BCUT2D eigenvalue weighted by atomic mass is 9.98. The summed E-state index contributed by atoms with van der Waals surface area (Å²) in [6, 6.07) is 10.1. The van der Waals surface area contributed by atoms with Gasteiger partial charge >= 0.3 is 0 Å². The molecule has 0 spiro atoms. The Morgan fingerprint density at radius 3 is 2.93 bits per heavy atom. The molecule has 1 aliphatic rings. The number of nitrogens with zero attached hydrogens (tertiary/aromatic N) is 4. The minimum absolute atomic E-state index is 0.0100. The second-order valence-electron chi connectivity index (χ2n) is 6.87. The second kappa shape index (κ2) is 8.41. The SMILES string of the molecule is CCn1c(SCC(=O)N2CCc3sccc3[C@H]2c2cccs2)nnc1-c1ccco1. The highest BCUT2D eigenvalue weighted by atomic mass is 32.2. The van der Waals surface area contributed by atoms with E-state index in [2.05, 4.69) is 39.2 Å². The standard InChI is InChI=1S/C21H20N4O2S3/c1-2-24-20(15-5-3-10-27-15)22-23-21(24)30-13-18(26)25-9-7-16-14(8-12-29-16)19(25)17-6-4-11-28-17/h3-6,8,10-12,19H,2,7,9,13H2,1H3/t19-/m0/s1. The van der Waals surface area contributed by atoms with E-state index in [1.165, 1.54) is 27.1 Å². The molecule has 30 heavy (non-hydrogen) atoms. The second-order valence-corrected chi connectivity index (χ2v) is 9.79. The molecule has 1 aliphatic heterocycles. The van der Waals surface area contributed by atoms with Crippen LogP contribution in [-0.2, 0) is 17.8 Å². The summed E-state index contributed by atoms with van der Waals surface area (Å²) in [5, 5.41) is 13.5. The molecule has 0 aliphatic carbocycles. The van der Waals surface area contributed by atoms with Gasteiger partial charge in [-0.2, -0.15) is 0 Å². The van der Waals surface area contributed by atoms with Crippen molar-refractivity contribution in [1.82, 2.24) is 19.7 Å². The average Bonchev–Trinajstić information content (AvgIpc) is 3.56. The van der Waals surface area contributed by atoms with Crippen LogP contribution < -0.4 is 0 Å². The van der Waals surface area contributed by atoms with Crippen molar-refractivity contribution in [3.8, 4) is 11.6 Å². The third-order valence-corrected chi connectivity index (χ3v) is 8.07. The summed E-state index contributed by atoms with van der Waals surface area (Å²) in [5.74, 6) is 1.83. The molecule has 0 N–H and O–H groups in total. The Morgan fingerprint density at radius 2 is 2.17 bits per heavy atom. The number of thiophene rings is 2. The van der Waals surface area contributed by atoms with Gasteiger partial charge in [0, 0.05) is 22.8 Å². The highest BCUT2D eigenvalue weighted by molar-refractivity contribution is 7.99. The molecule has 4 aromatic heterocycles. The molecule has 154 valence electrons. The lowest BCUT2D eigenvalue weighted by molar-refractivity contribution is -0.130. The van der Waals surface area contributed by atoms with E-state index < -0.39 is 0 Å². The van der Waals surface area contributed by atoms with Gasteiger partial charge in [-0.05, 0) is 53.9 Å². The molecule has 6 nitrogen and oxygen atoms in total. The Hall–Kier alpha value is -2.36. The maximum absolute atomic E-state index is 13.3. The van der Waals surface area contributed by atoms with Crippen molar-refractivity contribution in [2.75, 3.05) is 12.3 Å². The summed E-state index contributed by atoms with van der Waals surface area (Å²) in [4.78, 5) is 17.9. The lowest BCUT2D eigenvalue weighted by Crippen LogP contribution is -2.40. The smallest absolute Gasteiger partial charge is 0.233 e. The fraction of sp³-hybridized carbons (Fsp3) is 0.286. The number of amides is 1. The van der Waals surface area contributed by atoms with Gasteiger partial charge in [0.05, 0.1) is 18.1 Å². The predicted octanol–water partition coefficient (Wildman–Crippen LogP) is 4.95. The molecule has 0 radical (unpaired) electrons. The Labute approximate surface area is 186 Å². The van der Waals surface area contributed by atoms with Crippen molar-refractivity contribution in [1.29, 1.82) is 0 Å². The Morgan fingerprint density at radius 1 is 1.23 bits per heavy atom. The van der Waals surface area contributed by atoms with Crippen LogP contribution in [-0.4, -0.2) is 37.9 Å². The van der Waals surface area contributed by atoms with Gasteiger partial charge < -0.3 is 9.32 Å². The fourth-order valence-corrected chi connectivity index (χ4v) is 6.46. The van der Waals surface area contributed by atoms with Crippen molar-refractivity contribution in [2.24, 2.45) is 0 Å². The predicted molar refractivity (Wildman–Crippen MR) is 120 cm³/mol. The van der Waals surface area contributed by atoms with Crippen LogP contribution in [0, 0.1) is 0 Å². The summed E-state index contributed by atoms with van der Waals surface area (Å²) in [7, 11) is 0. The lowest BCUT2D eigenvalue weighted by Gasteiger charge is -2.35. The molecule has 1 atom stereocenters. The van der Waals surface area contributed by atoms with E-state index in [0.717, 1.165) is 18.1 Å². The van der Waals surface area contributed by atoms with Gasteiger partial charge in [0.25, 0.3) is 0 Å². The number of furan rings is 1. The molecular formula is C21H20N4O2S3. The number of aromatic nitrogens is 3. The van der Waals surface area contributed by atoms with Gasteiger partial charge in [0.1, 0.15) is 0 Å². The van der Waals surface area contributed by atoms with E-state index in [-0.39, 0.29) is 11.9 Å². The Kier molecular flexibility index (Phi) is 5.49. The van der Waals surface area contributed by atoms with E-state index in [1.54, 1.807) is 28.9 Å². The molecule has 1 amide bonds. The minimum Gasteiger partial charge on any atom is -0.461 e. The van der Waals surface area contributed by atoms with Crippen LogP contribution >= 0.6 is 34.4 Å². The Bertz CT molecular complexity index is 1130. The molecule has 0 saturated carbocycles. The van der Waals surface area contributed by atoms with Crippen LogP contribution in [0.15, 0.2) is 56.9 Å². The Balaban J connectivity index is 1.36. The van der Waals surface area contributed by atoms with Crippen LogP contribution in [0.25, 0.3) is 11.6 Å². The van der Waals surface area contributed by atoms with Gasteiger partial charge in [-0.25, -0.2) is 0 Å². The zero-order valence-corrected chi connectivity index (χ0v) is 18.8. The third kappa shape index (κ3) is 3.51. The van der Waals surface area contributed by atoms with E-state index in [4.69, 9.17) is 4.42 Å². The molecule has 0 unspecified atom stereocenters. The van der Waals surface area contributed by atoms with Gasteiger partial charge in [-0.1, -0.05) is 17.8 Å². The largest absolute Gasteiger partial charge is 0.461 e. The highest BCUT2D eigenvalue weighted by Gasteiger charge is 2.33. The zero-order valence-electron chi connectivity index (χ0n) is 16.4. The third-order valence-electron chi connectivity index (χ3n) is 5.20. The van der Waals surface area contributed by atoms with E-state index in [9.17, 15) is 4.79 Å². The summed E-state index contributed by atoms with van der Waals surface area (Å²) in [6.45, 7) is 3.49. The highest BCUT2D eigenvalue weighted by Crippen LogP contribution is 2.40. The summed E-state index contributed by atoms with van der Waals surface area (Å²) < 4.78 is 7.46. The first-order chi connectivity index (χ1) is 14.8. The number of hydrogen-bond donors (Lipinski definition) is 0. The van der Waals surface area contributed by atoms with E-state index in [1.807, 2.05) is 28.5 Å². The van der Waals surface area contributed by atoms with Crippen LogP contribution in [0.1, 0.15) is 28.3 Å². The van der Waals surface area contributed by atoms with Crippen LogP contribution in [0.3, 0.4) is 0 Å². The van der Waals surface area contributed by atoms with Crippen LogP contribution in [0.2, 0.25) is 0 Å². The average molecular weight is 457 g/mol. The van der Waals surface area contributed by atoms with E-state index >= 15 is 0 Å². The molecule has 0 saturated heterocycles. The van der Waals surface area contributed by atoms with Crippen LogP contribution in [0.4, 0.5) is 0 Å². The molecule has 4 aromatic rings. The maximum atomic E-state index is 13.3. The van der Waals surface area contributed by atoms with Gasteiger partial charge in [0.2, 0.25) is 5.91 Å². The molecule has 9 heteroatoms. The summed E-state index contributed by atoms with van der Waals surface area (Å²) in [6.07, 6.45) is 2.54. The zero-order chi connectivity index (χ0) is 20.5.